The van der Waals surface area contributed by atoms with Gasteiger partial charge in [0.25, 0.3) is 11.6 Å². The molecule has 3 rings (SSSR count). The molecule has 0 aliphatic carbocycles. The Morgan fingerprint density at radius 1 is 1.18 bits per heavy atom. The molecule has 0 saturated carbocycles. The first-order valence-corrected chi connectivity index (χ1v) is 11.3. The van der Waals surface area contributed by atoms with Gasteiger partial charge in [-0.3, -0.25) is 14.9 Å². The molecule has 7 nitrogen and oxygen atoms in total. The highest BCUT2D eigenvalue weighted by Crippen LogP contribution is 2.36. The molecule has 1 N–H and O–H groups in total. The molecule has 33 heavy (non-hydrogen) atoms. The molecule has 0 radical (unpaired) electrons. The second-order valence-corrected chi connectivity index (χ2v) is 8.84. The molecule has 0 unspecified atom stereocenters. The van der Waals surface area contributed by atoms with Crippen LogP contribution in [0.2, 0.25) is 5.02 Å². The predicted octanol–water partition coefficient (Wildman–Crippen LogP) is 6.90. The average Bonchev–Trinajstić information content (AvgIpc) is 2.77. The molecule has 0 aliphatic heterocycles. The van der Waals surface area contributed by atoms with Crippen LogP contribution in [0.1, 0.15) is 11.1 Å². The van der Waals surface area contributed by atoms with E-state index in [1.807, 2.05) is 12.1 Å². The smallest absolute Gasteiger partial charge is 0.269 e. The molecule has 3 aromatic carbocycles. The largest absolute Gasteiger partial charge is 0.486 e. The summed E-state index contributed by atoms with van der Waals surface area (Å²) in [5.41, 5.74) is 1.69. The lowest BCUT2D eigenvalue weighted by molar-refractivity contribution is -0.384. The molecule has 0 heterocycles. The highest BCUT2D eigenvalue weighted by Gasteiger charge is 2.13. The first kappa shape index (κ1) is 24.5. The molecule has 0 atom stereocenters. The van der Waals surface area contributed by atoms with Gasteiger partial charge in [-0.15, -0.1) is 0 Å². The van der Waals surface area contributed by atoms with Crippen LogP contribution in [0.3, 0.4) is 0 Å². The van der Waals surface area contributed by atoms with E-state index in [0.29, 0.717) is 21.5 Å². The summed E-state index contributed by atoms with van der Waals surface area (Å²) in [4.78, 5) is 22.8. The number of amides is 1. The second-order valence-electron chi connectivity index (χ2n) is 6.66. The lowest BCUT2D eigenvalue weighted by Gasteiger charge is -2.11. The van der Waals surface area contributed by atoms with Crippen LogP contribution in [0.4, 0.5) is 11.4 Å². The van der Waals surface area contributed by atoms with Crippen molar-refractivity contribution >= 4 is 66.8 Å². The van der Waals surface area contributed by atoms with E-state index in [1.54, 1.807) is 42.5 Å². The Bertz CT molecular complexity index is 1260. The van der Waals surface area contributed by atoms with Gasteiger partial charge in [-0.25, -0.2) is 0 Å². The second kappa shape index (κ2) is 11.1. The number of hydrogen-bond acceptors (Lipinski definition) is 5. The molecule has 0 aliphatic rings. The van der Waals surface area contributed by atoms with Crippen molar-refractivity contribution in [3.05, 3.63) is 101 Å². The first-order valence-electron chi connectivity index (χ1n) is 9.30. The first-order chi connectivity index (χ1) is 15.8. The Balaban J connectivity index is 1.75. The average molecular weight is 592 g/mol. The number of nitrogens with one attached hydrogen (secondary N) is 1. The third-order valence-corrected chi connectivity index (χ3v) is 5.67. The Hall–Kier alpha value is -3.19. The monoisotopic (exact) mass is 589 g/mol. The number of rotatable bonds is 7. The Morgan fingerprint density at radius 2 is 1.91 bits per heavy atom. The van der Waals surface area contributed by atoms with Gasteiger partial charge < -0.3 is 10.1 Å². The van der Waals surface area contributed by atoms with Crippen LogP contribution in [0.25, 0.3) is 6.08 Å². The van der Waals surface area contributed by atoms with Crippen molar-refractivity contribution in [2.45, 2.75) is 6.61 Å². The lowest BCUT2D eigenvalue weighted by Crippen LogP contribution is -2.13. The van der Waals surface area contributed by atoms with E-state index in [4.69, 9.17) is 16.3 Å². The number of nitrogens with zero attached hydrogens (tertiary/aromatic N) is 2. The summed E-state index contributed by atoms with van der Waals surface area (Å²) in [7, 11) is 0. The molecule has 0 saturated heterocycles. The number of anilines is 1. The van der Waals surface area contributed by atoms with E-state index in [-0.39, 0.29) is 22.9 Å². The number of non-ortho nitro benzene ring substituents is 1. The molecular formula is C23H14Br2ClN3O4. The van der Waals surface area contributed by atoms with E-state index in [0.717, 1.165) is 10.0 Å². The van der Waals surface area contributed by atoms with Crippen molar-refractivity contribution in [2.75, 3.05) is 5.32 Å². The number of nitriles is 1. The van der Waals surface area contributed by atoms with Crippen LogP contribution < -0.4 is 10.1 Å². The van der Waals surface area contributed by atoms with Gasteiger partial charge in [0.15, 0.2) is 5.75 Å². The highest BCUT2D eigenvalue weighted by atomic mass is 79.9. The van der Waals surface area contributed by atoms with Gasteiger partial charge in [0.2, 0.25) is 0 Å². The van der Waals surface area contributed by atoms with Gasteiger partial charge in [0.05, 0.1) is 14.4 Å². The van der Waals surface area contributed by atoms with Gasteiger partial charge in [-0.05, 0) is 75.6 Å². The van der Waals surface area contributed by atoms with Crippen LogP contribution in [0.5, 0.6) is 5.75 Å². The summed E-state index contributed by atoms with van der Waals surface area (Å²) in [5, 5.41) is 23.1. The van der Waals surface area contributed by atoms with Crippen molar-refractivity contribution in [1.29, 1.82) is 5.26 Å². The number of halogens is 3. The maximum atomic E-state index is 12.5. The van der Waals surface area contributed by atoms with Crippen molar-refractivity contribution in [1.82, 2.24) is 0 Å². The molecule has 0 fully saturated rings. The van der Waals surface area contributed by atoms with Gasteiger partial charge in [0.1, 0.15) is 18.2 Å². The number of nitro groups is 1. The van der Waals surface area contributed by atoms with Crippen LogP contribution in [-0.4, -0.2) is 10.8 Å². The fraction of sp³-hybridized carbons (Fsp3) is 0.0435. The molecule has 10 heteroatoms. The minimum absolute atomic E-state index is 0.00802. The standard InChI is InChI=1S/C23H14Br2ClN3O4/c24-17-2-1-3-18(11-17)28-23(30)16(12-27)8-15-9-20(25)22(21(26)10-15)33-13-14-4-6-19(7-5-14)29(31)32/h1-11H,13H2,(H,28,30)/b16-8-. The Morgan fingerprint density at radius 3 is 2.52 bits per heavy atom. The predicted molar refractivity (Wildman–Crippen MR) is 133 cm³/mol. The van der Waals surface area contributed by atoms with E-state index < -0.39 is 10.8 Å². The normalized spacial score (nSPS) is 10.9. The topological polar surface area (TPSA) is 105 Å². The lowest BCUT2D eigenvalue weighted by atomic mass is 10.1. The summed E-state index contributed by atoms with van der Waals surface area (Å²) < 4.78 is 7.08. The quantitative estimate of drug-likeness (QED) is 0.139. The SMILES string of the molecule is N#C/C(=C/c1cc(Cl)c(OCc2ccc([N+](=O)[O-])cc2)c(Br)c1)C(=O)Nc1cccc(Br)c1. The fourth-order valence-corrected chi connectivity index (χ4v) is 4.14. The zero-order valence-corrected chi connectivity index (χ0v) is 20.6. The van der Waals surface area contributed by atoms with Gasteiger partial charge in [-0.1, -0.05) is 33.6 Å². The number of nitro benzene ring substituents is 1. The zero-order valence-electron chi connectivity index (χ0n) is 16.7. The summed E-state index contributed by atoms with van der Waals surface area (Å²) in [6.07, 6.45) is 1.42. The summed E-state index contributed by atoms with van der Waals surface area (Å²) in [6, 6.07) is 18.1. The van der Waals surface area contributed by atoms with E-state index in [2.05, 4.69) is 37.2 Å². The van der Waals surface area contributed by atoms with E-state index in [9.17, 15) is 20.2 Å². The molecule has 1 amide bonds. The minimum Gasteiger partial charge on any atom is -0.486 e. The summed E-state index contributed by atoms with van der Waals surface area (Å²) >= 11 is 13.1. The number of benzene rings is 3. The van der Waals surface area contributed by atoms with Crippen molar-refractivity contribution in [3.63, 3.8) is 0 Å². The van der Waals surface area contributed by atoms with Crippen molar-refractivity contribution < 1.29 is 14.5 Å². The maximum Gasteiger partial charge on any atom is 0.269 e. The Labute approximate surface area is 211 Å². The third-order valence-electron chi connectivity index (χ3n) is 4.31. The van der Waals surface area contributed by atoms with Gasteiger partial charge in [0, 0.05) is 22.3 Å². The number of ether oxygens (including phenoxy) is 1. The van der Waals surface area contributed by atoms with E-state index >= 15 is 0 Å². The zero-order chi connectivity index (χ0) is 24.0. The van der Waals surface area contributed by atoms with Crippen LogP contribution in [-0.2, 0) is 11.4 Å². The molecule has 0 spiro atoms. The third kappa shape index (κ3) is 6.65. The molecule has 0 aromatic heterocycles. The van der Waals surface area contributed by atoms with Gasteiger partial charge in [-0.2, -0.15) is 5.26 Å². The maximum absolute atomic E-state index is 12.5. The van der Waals surface area contributed by atoms with Gasteiger partial charge >= 0.3 is 0 Å². The molecule has 0 bridgehead atoms. The highest BCUT2D eigenvalue weighted by molar-refractivity contribution is 9.10. The molecular weight excluding hydrogens is 578 g/mol. The van der Waals surface area contributed by atoms with Crippen LogP contribution >= 0.6 is 43.5 Å². The fourth-order valence-electron chi connectivity index (χ4n) is 2.75. The van der Waals surface area contributed by atoms with Crippen molar-refractivity contribution in [3.8, 4) is 11.8 Å². The number of hydrogen-bond donors (Lipinski definition) is 1. The van der Waals surface area contributed by atoms with Crippen molar-refractivity contribution in [2.24, 2.45) is 0 Å². The van der Waals surface area contributed by atoms with Crippen LogP contribution in [0.15, 0.2) is 75.2 Å². The molecule has 3 aromatic rings. The summed E-state index contributed by atoms with van der Waals surface area (Å²) in [5.74, 6) is -0.189. The number of carbonyl (C=O) groups is 1. The Kier molecular flexibility index (Phi) is 8.22. The van der Waals surface area contributed by atoms with E-state index in [1.165, 1.54) is 18.2 Å². The number of carbonyl (C=O) groups excluding carboxylic acids is 1. The summed E-state index contributed by atoms with van der Waals surface area (Å²) in [6.45, 7) is 0.143. The minimum atomic E-state index is -0.554. The van der Waals surface area contributed by atoms with Crippen LogP contribution in [0, 0.1) is 21.4 Å². The molecule has 166 valence electrons.